The van der Waals surface area contributed by atoms with Gasteiger partial charge in [0.05, 0.1) is 15.7 Å². The van der Waals surface area contributed by atoms with Gasteiger partial charge >= 0.3 is 5.97 Å². The van der Waals surface area contributed by atoms with Crippen LogP contribution >= 0.6 is 23.2 Å². The molecule has 1 atom stereocenters. The predicted octanol–water partition coefficient (Wildman–Crippen LogP) is 4.03. The van der Waals surface area contributed by atoms with E-state index in [9.17, 15) is 14.7 Å². The summed E-state index contributed by atoms with van der Waals surface area (Å²) in [5.41, 5.74) is -1.49. The zero-order valence-electron chi connectivity index (χ0n) is 13.5. The summed E-state index contributed by atoms with van der Waals surface area (Å²) in [5.74, 6) is -2.13. The third kappa shape index (κ3) is 4.31. The molecule has 1 unspecified atom stereocenters. The number of ether oxygens (including phenoxy) is 1. The lowest BCUT2D eigenvalue weighted by Crippen LogP contribution is -2.56. The fourth-order valence-corrected chi connectivity index (χ4v) is 2.83. The average Bonchev–Trinajstić information content (AvgIpc) is 2.58. The van der Waals surface area contributed by atoms with Crippen LogP contribution < -0.4 is 5.32 Å². The molecule has 2 N–H and O–H groups in total. The molecule has 0 amide bonds. The monoisotopic (exact) mass is 381 g/mol. The second-order valence-electron chi connectivity index (χ2n) is 5.23. The average molecular weight is 382 g/mol. The zero-order valence-corrected chi connectivity index (χ0v) is 15.0. The minimum Gasteiger partial charge on any atom is -0.477 e. The second kappa shape index (κ2) is 8.34. The Kier molecular flexibility index (Phi) is 6.42. The van der Waals surface area contributed by atoms with Gasteiger partial charge < -0.3 is 15.2 Å². The first-order chi connectivity index (χ1) is 11.9. The maximum Gasteiger partial charge on any atom is 0.365 e. The van der Waals surface area contributed by atoms with Gasteiger partial charge in [0, 0.05) is 13.0 Å². The van der Waals surface area contributed by atoms with Crippen LogP contribution in [0.3, 0.4) is 0 Å². The minimum absolute atomic E-state index is 0.00189. The summed E-state index contributed by atoms with van der Waals surface area (Å²) in [5, 5.41) is 12.7. The van der Waals surface area contributed by atoms with E-state index in [1.807, 2.05) is 6.07 Å². The second-order valence-corrected chi connectivity index (χ2v) is 6.04. The molecule has 0 aliphatic heterocycles. The number of carbonyl (C=O) groups is 2. The molecule has 0 spiro atoms. The Morgan fingerprint density at radius 1 is 1.08 bits per heavy atom. The predicted molar refractivity (Wildman–Crippen MR) is 97.2 cm³/mol. The van der Waals surface area contributed by atoms with E-state index in [1.165, 1.54) is 12.1 Å². The number of carbonyl (C=O) groups excluding carboxylic acids is 1. The summed E-state index contributed by atoms with van der Waals surface area (Å²) in [4.78, 5) is 24.8. The fourth-order valence-electron chi connectivity index (χ4n) is 2.34. The lowest BCUT2D eigenvalue weighted by atomic mass is 9.99. The molecule has 0 aromatic heterocycles. The number of carboxylic acids is 1. The molecular weight excluding hydrogens is 365 g/mol. The number of ketones is 1. The third-order valence-corrected chi connectivity index (χ3v) is 4.16. The number of benzene rings is 2. The highest BCUT2D eigenvalue weighted by Gasteiger charge is 2.47. The van der Waals surface area contributed by atoms with Gasteiger partial charge in [-0.3, -0.25) is 4.79 Å². The Hall–Kier alpha value is -2.08. The Morgan fingerprint density at radius 3 is 2.20 bits per heavy atom. The van der Waals surface area contributed by atoms with Gasteiger partial charge in [-0.1, -0.05) is 59.6 Å². The number of Topliss-reactive ketones (excluding diaryl/α,β-unsaturated/α-hetero) is 1. The van der Waals surface area contributed by atoms with Crippen molar-refractivity contribution in [3.63, 3.8) is 0 Å². The van der Waals surface area contributed by atoms with Gasteiger partial charge in [0.1, 0.15) is 0 Å². The fraction of sp³-hybridized carbons (Fsp3) is 0.222. The van der Waals surface area contributed by atoms with Crippen molar-refractivity contribution in [3.05, 3.63) is 64.1 Å². The number of hydrogen-bond acceptors (Lipinski definition) is 4. The summed E-state index contributed by atoms with van der Waals surface area (Å²) in [6.45, 7) is 1.60. The van der Waals surface area contributed by atoms with Crippen LogP contribution in [-0.2, 0) is 20.7 Å². The molecule has 5 nitrogen and oxygen atoms in total. The van der Waals surface area contributed by atoms with Gasteiger partial charge in [-0.2, -0.15) is 0 Å². The number of nitrogens with one attached hydrogen (secondary N) is 1. The van der Waals surface area contributed by atoms with Crippen LogP contribution in [0.2, 0.25) is 10.0 Å². The Balaban J connectivity index is 2.43. The Labute approximate surface area is 155 Å². The number of rotatable bonds is 8. The number of aliphatic carboxylic acids is 1. The molecule has 0 bridgehead atoms. The number of para-hydroxylation sites is 1. The van der Waals surface area contributed by atoms with Gasteiger partial charge in [-0.15, -0.1) is 0 Å². The molecule has 2 rings (SSSR count). The molecule has 7 heteroatoms. The summed E-state index contributed by atoms with van der Waals surface area (Å²) in [6, 6.07) is 13.5. The van der Waals surface area contributed by atoms with Crippen molar-refractivity contribution >= 4 is 40.6 Å². The first kappa shape index (κ1) is 19.2. The van der Waals surface area contributed by atoms with Crippen LogP contribution in [-0.4, -0.2) is 29.2 Å². The number of carboxylic acid groups (broad SMARTS) is 1. The van der Waals surface area contributed by atoms with Crippen molar-refractivity contribution in [2.45, 2.75) is 19.1 Å². The molecule has 0 saturated carbocycles. The standard InChI is InChI=1S/C18H17Cl2NO4/c1-2-25-18(17(23)24,15(22)11-12-7-4-3-5-8-12)21-16-13(19)9-6-10-14(16)20/h3-10,21H,2,11H2,1H3,(H,23,24). The Bertz CT molecular complexity index is 747. The van der Waals surface area contributed by atoms with E-state index in [4.69, 9.17) is 27.9 Å². The van der Waals surface area contributed by atoms with Gasteiger partial charge in [0.2, 0.25) is 5.78 Å². The molecule has 132 valence electrons. The zero-order chi connectivity index (χ0) is 18.4. The number of halogens is 2. The van der Waals surface area contributed by atoms with E-state index in [0.29, 0.717) is 5.56 Å². The van der Waals surface area contributed by atoms with E-state index < -0.39 is 17.5 Å². The van der Waals surface area contributed by atoms with Crippen molar-refractivity contribution in [1.29, 1.82) is 0 Å². The van der Waals surface area contributed by atoms with Crippen LogP contribution in [0, 0.1) is 0 Å². The van der Waals surface area contributed by atoms with Crippen molar-refractivity contribution in [3.8, 4) is 0 Å². The highest BCUT2D eigenvalue weighted by atomic mass is 35.5. The highest BCUT2D eigenvalue weighted by Crippen LogP contribution is 2.33. The quantitative estimate of drug-likeness (QED) is 0.533. The van der Waals surface area contributed by atoms with E-state index in [2.05, 4.69) is 5.32 Å². The summed E-state index contributed by atoms with van der Waals surface area (Å²) < 4.78 is 5.36. The maximum absolute atomic E-state index is 12.8. The molecule has 0 radical (unpaired) electrons. The largest absolute Gasteiger partial charge is 0.477 e. The van der Waals surface area contributed by atoms with Crippen molar-refractivity contribution in [1.82, 2.24) is 0 Å². The summed E-state index contributed by atoms with van der Waals surface area (Å²) in [6.07, 6.45) is -0.123. The SMILES string of the molecule is CCOC(Nc1c(Cl)cccc1Cl)(C(=O)O)C(=O)Cc1ccccc1. The lowest BCUT2D eigenvalue weighted by Gasteiger charge is -2.30. The molecule has 0 aliphatic carbocycles. The van der Waals surface area contributed by atoms with Crippen LogP contribution in [0.5, 0.6) is 0 Å². The smallest absolute Gasteiger partial charge is 0.365 e. The van der Waals surface area contributed by atoms with E-state index in [1.54, 1.807) is 37.3 Å². The van der Waals surface area contributed by atoms with E-state index in [0.717, 1.165) is 0 Å². The maximum atomic E-state index is 12.8. The van der Waals surface area contributed by atoms with Crippen LogP contribution in [0.15, 0.2) is 48.5 Å². The lowest BCUT2D eigenvalue weighted by molar-refractivity contribution is -0.167. The van der Waals surface area contributed by atoms with Gasteiger partial charge in [-0.25, -0.2) is 4.79 Å². The van der Waals surface area contributed by atoms with Crippen molar-refractivity contribution in [2.75, 3.05) is 11.9 Å². The first-order valence-corrected chi connectivity index (χ1v) is 8.33. The van der Waals surface area contributed by atoms with Gasteiger partial charge in [0.15, 0.2) is 0 Å². The van der Waals surface area contributed by atoms with Gasteiger partial charge in [-0.05, 0) is 24.6 Å². The third-order valence-electron chi connectivity index (χ3n) is 3.53. The van der Waals surface area contributed by atoms with Crippen LogP contribution in [0.1, 0.15) is 12.5 Å². The highest BCUT2D eigenvalue weighted by molar-refractivity contribution is 6.39. The molecule has 0 aliphatic rings. The first-order valence-electron chi connectivity index (χ1n) is 7.57. The van der Waals surface area contributed by atoms with Crippen molar-refractivity contribution in [2.24, 2.45) is 0 Å². The molecular formula is C18H17Cl2NO4. The topological polar surface area (TPSA) is 75.6 Å². The Morgan fingerprint density at radius 2 is 1.68 bits per heavy atom. The molecule has 0 fully saturated rings. The number of anilines is 1. The minimum atomic E-state index is -2.29. The van der Waals surface area contributed by atoms with Crippen LogP contribution in [0.4, 0.5) is 5.69 Å². The number of hydrogen-bond donors (Lipinski definition) is 2. The van der Waals surface area contributed by atoms with E-state index in [-0.39, 0.29) is 28.8 Å². The van der Waals surface area contributed by atoms with Gasteiger partial charge in [0.25, 0.3) is 5.72 Å². The molecule has 2 aromatic rings. The molecule has 0 saturated heterocycles. The van der Waals surface area contributed by atoms with Crippen molar-refractivity contribution < 1.29 is 19.4 Å². The van der Waals surface area contributed by atoms with Crippen LogP contribution in [0.25, 0.3) is 0 Å². The molecule has 2 aromatic carbocycles. The molecule has 25 heavy (non-hydrogen) atoms. The normalized spacial score (nSPS) is 13.1. The molecule has 0 heterocycles. The van der Waals surface area contributed by atoms with E-state index >= 15 is 0 Å². The summed E-state index contributed by atoms with van der Waals surface area (Å²) in [7, 11) is 0. The summed E-state index contributed by atoms with van der Waals surface area (Å²) >= 11 is 12.2.